The molecule has 0 aromatic heterocycles. The third-order valence-corrected chi connectivity index (χ3v) is 2.56. The molecule has 0 unspecified atom stereocenters. The predicted molar refractivity (Wildman–Crippen MR) is 94.3 cm³/mol. The van der Waals surface area contributed by atoms with E-state index in [-0.39, 0.29) is 17.4 Å². The average Bonchev–Trinajstić information content (AvgIpc) is 2.42. The normalized spacial score (nSPS) is 8.53. The first-order valence-corrected chi connectivity index (χ1v) is 8.12. The fraction of sp³-hybridized carbons (Fsp3) is 0.833. The van der Waals surface area contributed by atoms with Gasteiger partial charge in [0.2, 0.25) is 0 Å². The standard InChI is InChI=1S/3C6H13.Al/c3*1-3-5-6-4-2;/h3*1,3-6H2,2H3;/q3*-1;+3. The van der Waals surface area contributed by atoms with Crippen molar-refractivity contribution in [1.29, 1.82) is 0 Å². The number of unbranched alkanes of at least 4 members (excludes halogenated alkanes) is 9. The van der Waals surface area contributed by atoms with Gasteiger partial charge in [0.05, 0.1) is 0 Å². The van der Waals surface area contributed by atoms with Crippen molar-refractivity contribution in [2.75, 3.05) is 0 Å². The molecular formula is C18H39Al. The molecule has 0 aromatic carbocycles. The van der Waals surface area contributed by atoms with Gasteiger partial charge in [-0.3, -0.25) is 0 Å². The molecule has 0 bridgehead atoms. The molecule has 114 valence electrons. The van der Waals surface area contributed by atoms with E-state index in [1.165, 1.54) is 57.8 Å². The summed E-state index contributed by atoms with van der Waals surface area (Å²) >= 11 is 0. The van der Waals surface area contributed by atoms with Crippen molar-refractivity contribution < 1.29 is 0 Å². The van der Waals surface area contributed by atoms with Crippen LogP contribution in [0.5, 0.6) is 0 Å². The summed E-state index contributed by atoms with van der Waals surface area (Å²) in [6.45, 7) is 17.8. The van der Waals surface area contributed by atoms with E-state index in [1.807, 2.05) is 0 Å². The van der Waals surface area contributed by atoms with Gasteiger partial charge in [0.25, 0.3) is 0 Å². The Morgan fingerprint density at radius 1 is 0.474 bits per heavy atom. The van der Waals surface area contributed by atoms with E-state index in [4.69, 9.17) is 0 Å². The van der Waals surface area contributed by atoms with Crippen LogP contribution in [0.2, 0.25) is 0 Å². The van der Waals surface area contributed by atoms with Crippen LogP contribution < -0.4 is 0 Å². The van der Waals surface area contributed by atoms with Crippen LogP contribution in [0.1, 0.15) is 97.8 Å². The van der Waals surface area contributed by atoms with Crippen LogP contribution in [0.15, 0.2) is 0 Å². The molecule has 0 N–H and O–H groups in total. The monoisotopic (exact) mass is 282 g/mol. The van der Waals surface area contributed by atoms with Crippen LogP contribution in [0.4, 0.5) is 0 Å². The van der Waals surface area contributed by atoms with Crippen molar-refractivity contribution in [3.63, 3.8) is 0 Å². The maximum Gasteiger partial charge on any atom is 3.00 e. The molecule has 0 aromatic rings. The molecule has 0 heterocycles. The fourth-order valence-electron chi connectivity index (χ4n) is 1.28. The first-order valence-electron chi connectivity index (χ1n) is 8.12. The SMILES string of the molecule is [Al+3].[CH2-]CCCCC.[CH2-]CCCCC.[CH2-]CCCCC. The van der Waals surface area contributed by atoms with Gasteiger partial charge >= 0.3 is 17.4 Å². The molecule has 0 aliphatic heterocycles. The van der Waals surface area contributed by atoms with Crippen LogP contribution in [-0.2, 0) is 0 Å². The van der Waals surface area contributed by atoms with Crippen LogP contribution in [0.3, 0.4) is 0 Å². The zero-order valence-electron chi connectivity index (χ0n) is 14.2. The summed E-state index contributed by atoms with van der Waals surface area (Å²) < 4.78 is 0. The minimum absolute atomic E-state index is 0. The zero-order chi connectivity index (χ0) is 14.5. The predicted octanol–water partition coefficient (Wildman–Crippen LogP) is 6.82. The van der Waals surface area contributed by atoms with E-state index >= 15 is 0 Å². The molecule has 0 amide bonds. The van der Waals surface area contributed by atoms with E-state index in [2.05, 4.69) is 41.5 Å². The van der Waals surface area contributed by atoms with Gasteiger partial charge in [-0.15, -0.1) is 0 Å². The smallest absolute Gasteiger partial charge is 0.343 e. The Balaban J connectivity index is -0.0000000865. The second-order valence-electron chi connectivity index (χ2n) is 4.68. The number of rotatable bonds is 9. The molecule has 0 saturated heterocycles. The van der Waals surface area contributed by atoms with Crippen LogP contribution >= 0.6 is 0 Å². The largest absolute Gasteiger partial charge is 3.00 e. The molecular weight excluding hydrogens is 243 g/mol. The van der Waals surface area contributed by atoms with Gasteiger partial charge in [0.15, 0.2) is 0 Å². The van der Waals surface area contributed by atoms with Crippen molar-refractivity contribution in [1.82, 2.24) is 0 Å². The Kier molecular flexibility index (Phi) is 53.1. The molecule has 0 saturated carbocycles. The molecule has 0 aliphatic carbocycles. The molecule has 0 fully saturated rings. The molecule has 0 atom stereocenters. The first kappa shape index (κ1) is 27.8. The Bertz CT molecular complexity index is 60.7. The second-order valence-corrected chi connectivity index (χ2v) is 4.68. The summed E-state index contributed by atoms with van der Waals surface area (Å²) in [5.74, 6) is 0. The minimum Gasteiger partial charge on any atom is -0.343 e. The summed E-state index contributed by atoms with van der Waals surface area (Å²) in [4.78, 5) is 0. The van der Waals surface area contributed by atoms with Gasteiger partial charge in [0.1, 0.15) is 0 Å². The Hall–Kier alpha value is 0.532. The molecule has 0 aliphatic rings. The summed E-state index contributed by atoms with van der Waals surface area (Å²) in [6.07, 6.45) is 15.2. The van der Waals surface area contributed by atoms with Crippen LogP contribution in [0.25, 0.3) is 0 Å². The van der Waals surface area contributed by atoms with E-state index in [9.17, 15) is 0 Å². The van der Waals surface area contributed by atoms with Crippen molar-refractivity contribution in [3.8, 4) is 0 Å². The van der Waals surface area contributed by atoms with Gasteiger partial charge in [-0.05, 0) is 0 Å². The molecule has 19 heavy (non-hydrogen) atoms. The minimum atomic E-state index is 0. The molecule has 0 spiro atoms. The zero-order valence-corrected chi connectivity index (χ0v) is 15.3. The number of hydrogen-bond donors (Lipinski definition) is 0. The van der Waals surface area contributed by atoms with Gasteiger partial charge < -0.3 is 20.8 Å². The number of hydrogen-bond acceptors (Lipinski definition) is 0. The second kappa shape index (κ2) is 36.3. The topological polar surface area (TPSA) is 0 Å². The van der Waals surface area contributed by atoms with Gasteiger partial charge in [0, 0.05) is 0 Å². The third kappa shape index (κ3) is 55.7. The average molecular weight is 282 g/mol. The molecule has 0 nitrogen and oxygen atoms in total. The van der Waals surface area contributed by atoms with Crippen LogP contribution in [0, 0.1) is 20.8 Å². The van der Waals surface area contributed by atoms with Crippen molar-refractivity contribution in [2.45, 2.75) is 97.8 Å². The van der Waals surface area contributed by atoms with E-state index < -0.39 is 0 Å². The third-order valence-electron chi connectivity index (χ3n) is 2.56. The van der Waals surface area contributed by atoms with Crippen molar-refractivity contribution in [3.05, 3.63) is 20.8 Å². The van der Waals surface area contributed by atoms with Gasteiger partial charge in [-0.2, -0.15) is 19.3 Å². The maximum absolute atomic E-state index is 3.72. The quantitative estimate of drug-likeness (QED) is 0.247. The van der Waals surface area contributed by atoms with E-state index in [0.717, 1.165) is 19.3 Å². The Morgan fingerprint density at radius 3 is 0.737 bits per heavy atom. The van der Waals surface area contributed by atoms with Gasteiger partial charge in [-0.25, -0.2) is 0 Å². The summed E-state index contributed by atoms with van der Waals surface area (Å²) in [6, 6.07) is 0. The molecule has 0 rings (SSSR count). The maximum atomic E-state index is 3.72. The molecule has 1 heteroatoms. The summed E-state index contributed by atoms with van der Waals surface area (Å²) in [5.41, 5.74) is 0. The van der Waals surface area contributed by atoms with Crippen molar-refractivity contribution in [2.24, 2.45) is 0 Å². The summed E-state index contributed by atoms with van der Waals surface area (Å²) in [5, 5.41) is 0. The van der Waals surface area contributed by atoms with Gasteiger partial charge in [-0.1, -0.05) is 78.6 Å². The van der Waals surface area contributed by atoms with Crippen LogP contribution in [-0.4, -0.2) is 17.4 Å². The summed E-state index contributed by atoms with van der Waals surface area (Å²) in [7, 11) is 0. The van der Waals surface area contributed by atoms with Crippen molar-refractivity contribution >= 4 is 17.4 Å². The van der Waals surface area contributed by atoms with E-state index in [1.54, 1.807) is 0 Å². The van der Waals surface area contributed by atoms with E-state index in [0.29, 0.717) is 0 Å². The first-order chi connectivity index (χ1) is 8.74. The fourth-order valence-corrected chi connectivity index (χ4v) is 1.28. The molecule has 0 radical (unpaired) electrons. The Morgan fingerprint density at radius 2 is 0.684 bits per heavy atom. The Labute approximate surface area is 136 Å².